The van der Waals surface area contributed by atoms with Gasteiger partial charge in [0.15, 0.2) is 0 Å². The number of carboxylic acids is 2. The summed E-state index contributed by atoms with van der Waals surface area (Å²) in [6.07, 6.45) is -1.27. The molecule has 0 atom stereocenters. The van der Waals surface area contributed by atoms with E-state index in [9.17, 15) is 22.8 Å². The highest BCUT2D eigenvalue weighted by atomic mass is 19.4. The maximum atomic E-state index is 13.0. The summed E-state index contributed by atoms with van der Waals surface area (Å²) in [5.41, 5.74) is 3.64. The van der Waals surface area contributed by atoms with E-state index in [1.54, 1.807) is 6.07 Å². The fourth-order valence-corrected chi connectivity index (χ4v) is 3.81. The molecule has 0 saturated heterocycles. The Labute approximate surface area is 194 Å². The summed E-state index contributed by atoms with van der Waals surface area (Å²) in [4.78, 5) is 21.2. The molecule has 0 saturated carbocycles. The van der Waals surface area contributed by atoms with Gasteiger partial charge < -0.3 is 25.2 Å². The van der Waals surface area contributed by atoms with Crippen LogP contribution in [0.5, 0.6) is 5.75 Å². The predicted octanol–water partition coefficient (Wildman–Crippen LogP) is 3.50. The highest BCUT2D eigenvalue weighted by Gasteiger charge is 2.30. The van der Waals surface area contributed by atoms with E-state index in [1.165, 1.54) is 23.3 Å². The van der Waals surface area contributed by atoms with Gasteiger partial charge in [-0.05, 0) is 66.9 Å². The third-order valence-corrected chi connectivity index (χ3v) is 5.38. The largest absolute Gasteiger partial charge is 0.490 e. The first-order valence-corrected chi connectivity index (χ1v) is 10.7. The standard InChI is InChI=1S/C20H21F3N2O.C4H4O4/c21-20(22,23)17-3-1-2-14(10-17)13-25-8-9-26-19-12-16-5-7-24-6-4-15(16)11-18(19)25;5-3(6)1-2-4(7)8/h1-3,10-12,24H,4-9,13H2;1-2H,(H,5,6)(H,7,8)/b;2-1+. The fraction of sp³-hybridized carbons (Fsp3) is 0.333. The number of rotatable bonds is 4. The maximum Gasteiger partial charge on any atom is 0.416 e. The molecule has 0 radical (unpaired) electrons. The quantitative estimate of drug-likeness (QED) is 0.579. The molecule has 2 aromatic carbocycles. The van der Waals surface area contributed by atoms with Gasteiger partial charge in [-0.25, -0.2) is 9.59 Å². The highest BCUT2D eigenvalue weighted by molar-refractivity contribution is 5.89. The number of nitrogens with one attached hydrogen (secondary N) is 1. The number of nitrogens with zero attached hydrogens (tertiary/aromatic N) is 1. The van der Waals surface area contributed by atoms with Gasteiger partial charge in [0.25, 0.3) is 0 Å². The van der Waals surface area contributed by atoms with Gasteiger partial charge in [0.1, 0.15) is 12.4 Å². The number of anilines is 1. The number of alkyl halides is 3. The van der Waals surface area contributed by atoms with E-state index in [-0.39, 0.29) is 0 Å². The lowest BCUT2D eigenvalue weighted by Gasteiger charge is -2.32. The van der Waals surface area contributed by atoms with Crippen LogP contribution in [0.2, 0.25) is 0 Å². The molecule has 0 bridgehead atoms. The number of aliphatic carboxylic acids is 2. The smallest absolute Gasteiger partial charge is 0.416 e. The van der Waals surface area contributed by atoms with Crippen LogP contribution in [0.1, 0.15) is 22.3 Å². The fourth-order valence-electron chi connectivity index (χ4n) is 3.81. The van der Waals surface area contributed by atoms with Gasteiger partial charge >= 0.3 is 18.1 Å². The summed E-state index contributed by atoms with van der Waals surface area (Å²) in [5, 5.41) is 19.0. The number of benzene rings is 2. The van der Waals surface area contributed by atoms with Crippen molar-refractivity contribution in [3.8, 4) is 5.75 Å². The van der Waals surface area contributed by atoms with E-state index in [0.717, 1.165) is 43.4 Å². The topological polar surface area (TPSA) is 99.1 Å². The lowest BCUT2D eigenvalue weighted by Crippen LogP contribution is -2.32. The third kappa shape index (κ3) is 6.98. The van der Waals surface area contributed by atoms with Crippen molar-refractivity contribution in [3.05, 3.63) is 70.8 Å². The van der Waals surface area contributed by atoms with Crippen molar-refractivity contribution >= 4 is 17.6 Å². The molecule has 0 aliphatic carbocycles. The molecule has 182 valence electrons. The number of ether oxygens (including phenoxy) is 1. The Morgan fingerprint density at radius 3 is 2.29 bits per heavy atom. The second-order valence-electron chi connectivity index (χ2n) is 7.82. The Balaban J connectivity index is 0.000000350. The molecule has 7 nitrogen and oxygen atoms in total. The number of hydrogen-bond donors (Lipinski definition) is 3. The lowest BCUT2D eigenvalue weighted by molar-refractivity contribution is -0.137. The van der Waals surface area contributed by atoms with Crippen molar-refractivity contribution < 1.29 is 37.7 Å². The first-order chi connectivity index (χ1) is 16.1. The van der Waals surface area contributed by atoms with Crippen LogP contribution >= 0.6 is 0 Å². The van der Waals surface area contributed by atoms with Gasteiger partial charge in [-0.15, -0.1) is 0 Å². The van der Waals surface area contributed by atoms with Crippen molar-refractivity contribution in [1.29, 1.82) is 0 Å². The number of carbonyl (C=O) groups is 2. The molecular formula is C24H25F3N2O5. The molecule has 2 heterocycles. The minimum absolute atomic E-state index is 0.442. The zero-order valence-electron chi connectivity index (χ0n) is 18.3. The Hall–Kier alpha value is -3.53. The van der Waals surface area contributed by atoms with Crippen molar-refractivity contribution in [2.45, 2.75) is 25.6 Å². The number of halogens is 3. The van der Waals surface area contributed by atoms with Crippen LogP contribution in [0.25, 0.3) is 0 Å². The number of carboxylic acid groups (broad SMARTS) is 2. The normalized spacial score (nSPS) is 15.3. The monoisotopic (exact) mass is 478 g/mol. The molecule has 0 spiro atoms. The highest BCUT2D eigenvalue weighted by Crippen LogP contribution is 2.37. The van der Waals surface area contributed by atoms with Gasteiger partial charge in [-0.3, -0.25) is 0 Å². The molecule has 0 fully saturated rings. The average molecular weight is 478 g/mol. The van der Waals surface area contributed by atoms with Crippen LogP contribution in [0.4, 0.5) is 18.9 Å². The molecule has 10 heteroatoms. The zero-order chi connectivity index (χ0) is 24.7. The molecule has 0 aromatic heterocycles. The maximum absolute atomic E-state index is 13.0. The van der Waals surface area contributed by atoms with E-state index in [0.29, 0.717) is 37.4 Å². The molecule has 2 aliphatic rings. The Bertz CT molecular complexity index is 1050. The van der Waals surface area contributed by atoms with Crippen LogP contribution in [-0.2, 0) is 35.2 Å². The average Bonchev–Trinajstić information content (AvgIpc) is 3.01. The van der Waals surface area contributed by atoms with Gasteiger partial charge in [-0.2, -0.15) is 13.2 Å². The summed E-state index contributed by atoms with van der Waals surface area (Å²) in [6, 6.07) is 9.84. The van der Waals surface area contributed by atoms with E-state index >= 15 is 0 Å². The summed E-state index contributed by atoms with van der Waals surface area (Å²) in [7, 11) is 0. The number of hydrogen-bond acceptors (Lipinski definition) is 5. The van der Waals surface area contributed by atoms with Crippen LogP contribution < -0.4 is 15.0 Å². The van der Waals surface area contributed by atoms with Crippen molar-refractivity contribution in [1.82, 2.24) is 5.32 Å². The molecular weight excluding hydrogens is 453 g/mol. The van der Waals surface area contributed by atoms with Gasteiger partial charge in [0.05, 0.1) is 17.8 Å². The van der Waals surface area contributed by atoms with Crippen LogP contribution in [-0.4, -0.2) is 48.4 Å². The van der Waals surface area contributed by atoms with Crippen LogP contribution in [0.15, 0.2) is 48.6 Å². The molecule has 34 heavy (non-hydrogen) atoms. The van der Waals surface area contributed by atoms with Gasteiger partial charge in [-0.1, -0.05) is 12.1 Å². The molecule has 0 unspecified atom stereocenters. The predicted molar refractivity (Wildman–Crippen MR) is 119 cm³/mol. The molecule has 3 N–H and O–H groups in total. The van der Waals surface area contributed by atoms with E-state index in [4.69, 9.17) is 14.9 Å². The molecule has 2 aromatic rings. The van der Waals surface area contributed by atoms with Crippen molar-refractivity contribution in [2.24, 2.45) is 0 Å². The summed E-state index contributed by atoms with van der Waals surface area (Å²) >= 11 is 0. The van der Waals surface area contributed by atoms with Gasteiger partial charge in [0, 0.05) is 18.7 Å². The summed E-state index contributed by atoms with van der Waals surface area (Å²) < 4.78 is 44.8. The molecule has 2 aliphatic heterocycles. The van der Waals surface area contributed by atoms with E-state index in [2.05, 4.69) is 22.3 Å². The van der Waals surface area contributed by atoms with E-state index in [1.807, 2.05) is 0 Å². The molecule has 4 rings (SSSR count). The second-order valence-corrected chi connectivity index (χ2v) is 7.82. The summed E-state index contributed by atoms with van der Waals surface area (Å²) in [5.74, 6) is -1.68. The third-order valence-electron chi connectivity index (χ3n) is 5.38. The second kappa shape index (κ2) is 11.1. The van der Waals surface area contributed by atoms with Crippen LogP contribution in [0.3, 0.4) is 0 Å². The SMILES string of the molecule is FC(F)(F)c1cccc(CN2CCOc3cc4c(cc32)CCNCC4)c1.O=C(O)/C=C/C(=O)O. The Morgan fingerprint density at radius 2 is 1.68 bits per heavy atom. The number of fused-ring (bicyclic) bond motifs is 2. The Kier molecular flexibility index (Phi) is 8.17. The lowest BCUT2D eigenvalue weighted by atomic mass is 10.00. The van der Waals surface area contributed by atoms with Gasteiger partial charge in [0.2, 0.25) is 0 Å². The van der Waals surface area contributed by atoms with Crippen molar-refractivity contribution in [2.75, 3.05) is 31.1 Å². The van der Waals surface area contributed by atoms with Crippen molar-refractivity contribution in [3.63, 3.8) is 0 Å². The first kappa shape index (κ1) is 25.1. The van der Waals surface area contributed by atoms with Crippen LogP contribution in [0, 0.1) is 0 Å². The minimum atomic E-state index is -4.32. The summed E-state index contributed by atoms with van der Waals surface area (Å²) in [6.45, 7) is 3.56. The molecule has 0 amide bonds. The minimum Gasteiger partial charge on any atom is -0.490 e. The van der Waals surface area contributed by atoms with E-state index < -0.39 is 23.7 Å². The Morgan fingerprint density at radius 1 is 1.03 bits per heavy atom. The zero-order valence-corrected chi connectivity index (χ0v) is 18.3. The first-order valence-electron chi connectivity index (χ1n) is 10.7.